The molecule has 0 aliphatic heterocycles. The van der Waals surface area contributed by atoms with Crippen LogP contribution in [0.15, 0.2) is 24.3 Å². The average molecular weight is 235 g/mol. The van der Waals surface area contributed by atoms with Crippen molar-refractivity contribution in [1.82, 2.24) is 4.90 Å². The van der Waals surface area contributed by atoms with Crippen molar-refractivity contribution < 1.29 is 9.53 Å². The molecule has 1 aromatic rings. The van der Waals surface area contributed by atoms with Crippen LogP contribution in [0.3, 0.4) is 0 Å². The Morgan fingerprint density at radius 1 is 1.29 bits per heavy atom. The van der Waals surface area contributed by atoms with E-state index in [1.165, 1.54) is 12.7 Å². The molecule has 0 atom stereocenters. The maximum absolute atomic E-state index is 11.3. The van der Waals surface area contributed by atoms with Crippen molar-refractivity contribution in [3.05, 3.63) is 35.4 Å². The lowest BCUT2D eigenvalue weighted by Gasteiger charge is -2.22. The molecule has 3 nitrogen and oxygen atoms in total. The standard InChI is InChI=1S/C14H21NO2/c1-11(2)15(3)10-13-8-6-5-7-12(13)9-14(16)17-4/h5-8,11H,9-10H2,1-4H3. The van der Waals surface area contributed by atoms with Gasteiger partial charge in [-0.15, -0.1) is 0 Å². The van der Waals surface area contributed by atoms with Gasteiger partial charge in [-0.3, -0.25) is 9.69 Å². The minimum Gasteiger partial charge on any atom is -0.469 e. The van der Waals surface area contributed by atoms with Crippen molar-refractivity contribution in [2.75, 3.05) is 14.2 Å². The molecule has 0 saturated carbocycles. The third-order valence-electron chi connectivity index (χ3n) is 2.98. The lowest BCUT2D eigenvalue weighted by Crippen LogP contribution is -2.26. The molecule has 0 amide bonds. The summed E-state index contributed by atoms with van der Waals surface area (Å²) in [5.74, 6) is -0.190. The number of carbonyl (C=O) groups is 1. The first-order valence-electron chi connectivity index (χ1n) is 5.88. The summed E-state index contributed by atoms with van der Waals surface area (Å²) in [6, 6.07) is 8.50. The summed E-state index contributed by atoms with van der Waals surface area (Å²) in [4.78, 5) is 13.6. The second-order valence-electron chi connectivity index (χ2n) is 4.53. The van der Waals surface area contributed by atoms with Crippen LogP contribution >= 0.6 is 0 Å². The Morgan fingerprint density at radius 3 is 2.41 bits per heavy atom. The smallest absolute Gasteiger partial charge is 0.309 e. The van der Waals surface area contributed by atoms with Gasteiger partial charge in [-0.2, -0.15) is 0 Å². The van der Waals surface area contributed by atoms with E-state index in [4.69, 9.17) is 4.74 Å². The van der Waals surface area contributed by atoms with E-state index in [9.17, 15) is 4.79 Å². The number of nitrogens with zero attached hydrogens (tertiary/aromatic N) is 1. The molecule has 0 aliphatic carbocycles. The SMILES string of the molecule is COC(=O)Cc1ccccc1CN(C)C(C)C. The molecule has 0 aliphatic rings. The van der Waals surface area contributed by atoms with Gasteiger partial charge in [-0.05, 0) is 32.0 Å². The lowest BCUT2D eigenvalue weighted by molar-refractivity contribution is -0.139. The highest BCUT2D eigenvalue weighted by Gasteiger charge is 2.10. The molecule has 0 unspecified atom stereocenters. The van der Waals surface area contributed by atoms with Gasteiger partial charge < -0.3 is 4.74 Å². The monoisotopic (exact) mass is 235 g/mol. The molecule has 0 radical (unpaired) electrons. The minimum atomic E-state index is -0.190. The Balaban J connectivity index is 2.80. The Labute approximate surface area is 103 Å². The molecule has 0 saturated heterocycles. The Hall–Kier alpha value is -1.35. The molecule has 17 heavy (non-hydrogen) atoms. The normalized spacial score (nSPS) is 10.9. The largest absolute Gasteiger partial charge is 0.469 e. The molecule has 94 valence electrons. The van der Waals surface area contributed by atoms with Crippen molar-refractivity contribution in [3.8, 4) is 0 Å². The van der Waals surface area contributed by atoms with Crippen molar-refractivity contribution in [2.45, 2.75) is 32.9 Å². The Kier molecular flexibility index (Phi) is 5.16. The van der Waals surface area contributed by atoms with E-state index in [-0.39, 0.29) is 5.97 Å². The number of benzene rings is 1. The number of esters is 1. The van der Waals surface area contributed by atoms with Crippen LogP contribution in [0.5, 0.6) is 0 Å². The molecule has 1 aromatic carbocycles. The first kappa shape index (κ1) is 13.7. The van der Waals surface area contributed by atoms with Crippen molar-refractivity contribution in [2.24, 2.45) is 0 Å². The molecule has 0 heterocycles. The van der Waals surface area contributed by atoms with Gasteiger partial charge in [0.25, 0.3) is 0 Å². The predicted molar refractivity (Wildman–Crippen MR) is 68.8 cm³/mol. The number of hydrogen-bond donors (Lipinski definition) is 0. The van der Waals surface area contributed by atoms with Crippen LogP contribution in [0.25, 0.3) is 0 Å². The quantitative estimate of drug-likeness (QED) is 0.733. The van der Waals surface area contributed by atoms with E-state index in [1.807, 2.05) is 18.2 Å². The number of rotatable bonds is 5. The number of carbonyl (C=O) groups excluding carboxylic acids is 1. The highest BCUT2D eigenvalue weighted by atomic mass is 16.5. The zero-order valence-electron chi connectivity index (χ0n) is 11.1. The summed E-state index contributed by atoms with van der Waals surface area (Å²) in [5, 5.41) is 0. The highest BCUT2D eigenvalue weighted by Crippen LogP contribution is 2.13. The fourth-order valence-corrected chi connectivity index (χ4v) is 1.56. The van der Waals surface area contributed by atoms with E-state index in [0.29, 0.717) is 12.5 Å². The van der Waals surface area contributed by atoms with Crippen LogP contribution in [0, 0.1) is 0 Å². The molecular weight excluding hydrogens is 214 g/mol. The molecule has 1 rings (SSSR count). The van der Waals surface area contributed by atoms with Crippen molar-refractivity contribution in [1.29, 1.82) is 0 Å². The lowest BCUT2D eigenvalue weighted by atomic mass is 10.0. The maximum atomic E-state index is 11.3. The molecule has 0 bridgehead atoms. The van der Waals surface area contributed by atoms with Crippen molar-refractivity contribution >= 4 is 5.97 Å². The topological polar surface area (TPSA) is 29.5 Å². The summed E-state index contributed by atoms with van der Waals surface area (Å²) >= 11 is 0. The number of methoxy groups -OCH3 is 1. The average Bonchev–Trinajstić information content (AvgIpc) is 2.31. The molecular formula is C14H21NO2. The van der Waals surface area contributed by atoms with E-state index in [1.54, 1.807) is 0 Å². The van der Waals surface area contributed by atoms with Crippen LogP contribution in [0.2, 0.25) is 0 Å². The number of hydrogen-bond acceptors (Lipinski definition) is 3. The van der Waals surface area contributed by atoms with Gasteiger partial charge >= 0.3 is 5.97 Å². The van der Waals surface area contributed by atoms with Gasteiger partial charge in [0.2, 0.25) is 0 Å². The third-order valence-corrected chi connectivity index (χ3v) is 2.98. The van der Waals surface area contributed by atoms with Crippen LogP contribution in [0.4, 0.5) is 0 Å². The second kappa shape index (κ2) is 6.40. The fourth-order valence-electron chi connectivity index (χ4n) is 1.56. The Morgan fingerprint density at radius 2 is 1.88 bits per heavy atom. The van der Waals surface area contributed by atoms with Gasteiger partial charge in [0.1, 0.15) is 0 Å². The predicted octanol–water partition coefficient (Wildman–Crippen LogP) is 2.24. The fraction of sp³-hybridized carbons (Fsp3) is 0.500. The zero-order chi connectivity index (χ0) is 12.8. The first-order valence-corrected chi connectivity index (χ1v) is 5.88. The van der Waals surface area contributed by atoms with Crippen LogP contribution in [-0.2, 0) is 22.5 Å². The van der Waals surface area contributed by atoms with Gasteiger partial charge in [0, 0.05) is 12.6 Å². The van der Waals surface area contributed by atoms with E-state index in [0.717, 1.165) is 12.1 Å². The summed E-state index contributed by atoms with van der Waals surface area (Å²) < 4.78 is 4.71. The van der Waals surface area contributed by atoms with Gasteiger partial charge in [-0.25, -0.2) is 0 Å². The van der Waals surface area contributed by atoms with Crippen LogP contribution < -0.4 is 0 Å². The highest BCUT2D eigenvalue weighted by molar-refractivity contribution is 5.72. The minimum absolute atomic E-state index is 0.190. The number of ether oxygens (including phenoxy) is 1. The summed E-state index contributed by atoms with van der Waals surface area (Å²) in [6.45, 7) is 5.16. The van der Waals surface area contributed by atoms with Crippen molar-refractivity contribution in [3.63, 3.8) is 0 Å². The van der Waals surface area contributed by atoms with E-state index < -0.39 is 0 Å². The van der Waals surface area contributed by atoms with Crippen LogP contribution in [-0.4, -0.2) is 31.1 Å². The summed E-state index contributed by atoms with van der Waals surface area (Å²) in [6.07, 6.45) is 0.346. The second-order valence-corrected chi connectivity index (χ2v) is 4.53. The molecule has 0 spiro atoms. The van der Waals surface area contributed by atoms with E-state index in [2.05, 4.69) is 31.9 Å². The van der Waals surface area contributed by atoms with Gasteiger partial charge in [-0.1, -0.05) is 24.3 Å². The molecule has 0 aromatic heterocycles. The van der Waals surface area contributed by atoms with Gasteiger partial charge in [0.15, 0.2) is 0 Å². The summed E-state index contributed by atoms with van der Waals surface area (Å²) in [7, 11) is 3.50. The summed E-state index contributed by atoms with van der Waals surface area (Å²) in [5.41, 5.74) is 2.24. The first-order chi connectivity index (χ1) is 8.04. The van der Waals surface area contributed by atoms with E-state index >= 15 is 0 Å². The zero-order valence-corrected chi connectivity index (χ0v) is 11.1. The maximum Gasteiger partial charge on any atom is 0.309 e. The molecule has 3 heteroatoms. The van der Waals surface area contributed by atoms with Crippen LogP contribution in [0.1, 0.15) is 25.0 Å². The Bertz CT molecular complexity index is 374. The molecule has 0 N–H and O–H groups in total. The molecule has 0 fully saturated rings. The van der Waals surface area contributed by atoms with Gasteiger partial charge in [0.05, 0.1) is 13.5 Å². The third kappa shape index (κ3) is 4.19.